The Morgan fingerprint density at radius 2 is 2.20 bits per heavy atom. The van der Waals surface area contributed by atoms with Gasteiger partial charge in [0.25, 0.3) is 5.91 Å². The Bertz CT molecular complexity index is 333. The summed E-state index contributed by atoms with van der Waals surface area (Å²) in [6, 6.07) is 1.76. The fraction of sp³-hybridized carbons (Fsp3) is 0.545. The minimum absolute atomic E-state index is 0.0602. The number of nitrogen functional groups attached to an aromatic ring is 1. The molecule has 4 heteroatoms. The molecule has 15 heavy (non-hydrogen) atoms. The van der Waals surface area contributed by atoms with Crippen molar-refractivity contribution in [1.29, 1.82) is 0 Å². The third-order valence-corrected chi connectivity index (χ3v) is 3.55. The Morgan fingerprint density at radius 3 is 2.67 bits per heavy atom. The molecule has 1 atom stereocenters. The van der Waals surface area contributed by atoms with Crippen LogP contribution in [0, 0.1) is 11.8 Å². The summed E-state index contributed by atoms with van der Waals surface area (Å²) in [7, 11) is 0. The summed E-state index contributed by atoms with van der Waals surface area (Å²) in [4.78, 5) is 12.3. The van der Waals surface area contributed by atoms with Crippen molar-refractivity contribution in [3.63, 3.8) is 0 Å². The first-order chi connectivity index (χ1) is 7.02. The molecule has 0 radical (unpaired) electrons. The van der Waals surface area contributed by atoms with Crippen molar-refractivity contribution in [1.82, 2.24) is 5.32 Å². The molecule has 1 unspecified atom stereocenters. The van der Waals surface area contributed by atoms with Crippen molar-refractivity contribution < 1.29 is 4.79 Å². The van der Waals surface area contributed by atoms with E-state index in [1.54, 1.807) is 6.07 Å². The van der Waals surface area contributed by atoms with Crippen molar-refractivity contribution in [3.8, 4) is 0 Å². The van der Waals surface area contributed by atoms with E-state index < -0.39 is 0 Å². The molecule has 0 aliphatic heterocycles. The van der Waals surface area contributed by atoms with E-state index in [-0.39, 0.29) is 5.91 Å². The fourth-order valence-corrected chi connectivity index (χ4v) is 1.81. The number of nitrogens with one attached hydrogen (secondary N) is 1. The van der Waals surface area contributed by atoms with E-state index in [1.165, 1.54) is 11.3 Å². The first-order valence-corrected chi connectivity index (χ1v) is 6.01. The Morgan fingerprint density at radius 1 is 1.53 bits per heavy atom. The van der Waals surface area contributed by atoms with Crippen molar-refractivity contribution in [2.75, 3.05) is 12.3 Å². The van der Waals surface area contributed by atoms with E-state index in [4.69, 9.17) is 5.73 Å². The fourth-order valence-electron chi connectivity index (χ4n) is 1.07. The number of thiophene rings is 1. The number of carbonyl (C=O) groups is 1. The molecule has 1 aromatic heterocycles. The molecule has 0 spiro atoms. The Kier molecular flexibility index (Phi) is 4.15. The summed E-state index contributed by atoms with van der Waals surface area (Å²) < 4.78 is 0. The van der Waals surface area contributed by atoms with Crippen LogP contribution >= 0.6 is 11.3 Å². The standard InChI is InChI=1S/C11H18N2OS/c1-7(2)8(3)6-13-11(14)10-9(12)4-5-15-10/h4-5,7-8H,6,12H2,1-3H3,(H,13,14). The van der Waals surface area contributed by atoms with E-state index in [2.05, 4.69) is 26.1 Å². The SMILES string of the molecule is CC(C)C(C)CNC(=O)c1sccc1N. The smallest absolute Gasteiger partial charge is 0.263 e. The van der Waals surface area contributed by atoms with Crippen molar-refractivity contribution in [2.45, 2.75) is 20.8 Å². The molecule has 0 saturated carbocycles. The second kappa shape index (κ2) is 5.16. The number of hydrogen-bond acceptors (Lipinski definition) is 3. The third-order valence-electron chi connectivity index (χ3n) is 2.62. The lowest BCUT2D eigenvalue weighted by atomic mass is 9.98. The van der Waals surface area contributed by atoms with E-state index in [0.717, 1.165) is 0 Å². The van der Waals surface area contributed by atoms with E-state index >= 15 is 0 Å². The van der Waals surface area contributed by atoms with Crippen molar-refractivity contribution >= 4 is 22.9 Å². The molecular formula is C11H18N2OS. The maximum absolute atomic E-state index is 11.7. The van der Waals surface area contributed by atoms with Crippen LogP contribution in [0.2, 0.25) is 0 Å². The van der Waals surface area contributed by atoms with Crippen LogP contribution in [0.1, 0.15) is 30.4 Å². The molecule has 0 fully saturated rings. The van der Waals surface area contributed by atoms with Crippen LogP contribution in [0.5, 0.6) is 0 Å². The van der Waals surface area contributed by atoms with Crippen LogP contribution in [0.15, 0.2) is 11.4 Å². The highest BCUT2D eigenvalue weighted by Gasteiger charge is 2.13. The number of hydrogen-bond donors (Lipinski definition) is 2. The highest BCUT2D eigenvalue weighted by Crippen LogP contribution is 2.18. The van der Waals surface area contributed by atoms with Gasteiger partial charge in [-0.15, -0.1) is 11.3 Å². The molecule has 0 saturated heterocycles. The summed E-state index contributed by atoms with van der Waals surface area (Å²) in [5, 5.41) is 4.73. The van der Waals surface area contributed by atoms with Gasteiger partial charge in [0, 0.05) is 6.54 Å². The van der Waals surface area contributed by atoms with Crippen molar-refractivity contribution in [2.24, 2.45) is 11.8 Å². The molecule has 1 amide bonds. The van der Waals surface area contributed by atoms with Gasteiger partial charge in [0.05, 0.1) is 5.69 Å². The van der Waals surface area contributed by atoms with E-state index in [9.17, 15) is 4.79 Å². The highest BCUT2D eigenvalue weighted by atomic mass is 32.1. The zero-order chi connectivity index (χ0) is 11.4. The number of anilines is 1. The van der Waals surface area contributed by atoms with Gasteiger partial charge in [-0.2, -0.15) is 0 Å². The van der Waals surface area contributed by atoms with Gasteiger partial charge in [-0.05, 0) is 23.3 Å². The van der Waals surface area contributed by atoms with Gasteiger partial charge in [-0.25, -0.2) is 0 Å². The molecule has 0 aromatic carbocycles. The van der Waals surface area contributed by atoms with Gasteiger partial charge < -0.3 is 11.1 Å². The molecule has 0 bridgehead atoms. The highest BCUT2D eigenvalue weighted by molar-refractivity contribution is 7.12. The molecule has 3 nitrogen and oxygen atoms in total. The quantitative estimate of drug-likeness (QED) is 0.828. The van der Waals surface area contributed by atoms with Gasteiger partial charge in [0.15, 0.2) is 0 Å². The molecule has 3 N–H and O–H groups in total. The minimum Gasteiger partial charge on any atom is -0.397 e. The molecular weight excluding hydrogens is 208 g/mol. The summed E-state index contributed by atoms with van der Waals surface area (Å²) >= 11 is 1.38. The lowest BCUT2D eigenvalue weighted by molar-refractivity contribution is 0.0950. The third kappa shape index (κ3) is 3.23. The average Bonchev–Trinajstić information content (AvgIpc) is 2.60. The average molecular weight is 226 g/mol. The lowest BCUT2D eigenvalue weighted by Gasteiger charge is -2.15. The number of carbonyl (C=O) groups excluding carboxylic acids is 1. The summed E-state index contributed by atoms with van der Waals surface area (Å²) in [5.41, 5.74) is 6.22. The Labute approximate surface area is 94.7 Å². The second-order valence-electron chi connectivity index (χ2n) is 4.14. The molecule has 84 valence electrons. The monoisotopic (exact) mass is 226 g/mol. The van der Waals surface area contributed by atoms with Crippen molar-refractivity contribution in [3.05, 3.63) is 16.3 Å². The normalized spacial score (nSPS) is 12.8. The first-order valence-electron chi connectivity index (χ1n) is 5.13. The predicted molar refractivity (Wildman–Crippen MR) is 65.1 cm³/mol. The second-order valence-corrected chi connectivity index (χ2v) is 5.05. The maximum Gasteiger partial charge on any atom is 0.263 e. The zero-order valence-corrected chi connectivity index (χ0v) is 10.2. The van der Waals surface area contributed by atoms with Gasteiger partial charge in [0.1, 0.15) is 4.88 Å². The lowest BCUT2D eigenvalue weighted by Crippen LogP contribution is -2.29. The summed E-state index contributed by atoms with van der Waals surface area (Å²) in [5.74, 6) is 0.996. The zero-order valence-electron chi connectivity index (χ0n) is 9.41. The van der Waals surface area contributed by atoms with Crippen LogP contribution < -0.4 is 11.1 Å². The van der Waals surface area contributed by atoms with E-state index in [1.807, 2.05) is 5.38 Å². The topological polar surface area (TPSA) is 55.1 Å². The van der Waals surface area contributed by atoms with E-state index in [0.29, 0.717) is 28.9 Å². The molecule has 1 rings (SSSR count). The summed E-state index contributed by atoms with van der Waals surface area (Å²) in [6.07, 6.45) is 0. The van der Waals surface area contributed by atoms with Crippen LogP contribution in [-0.2, 0) is 0 Å². The van der Waals surface area contributed by atoms with Crippen LogP contribution in [0.3, 0.4) is 0 Å². The van der Waals surface area contributed by atoms with Gasteiger partial charge in [-0.1, -0.05) is 20.8 Å². The van der Waals surface area contributed by atoms with Gasteiger partial charge in [-0.3, -0.25) is 4.79 Å². The molecule has 0 aliphatic rings. The predicted octanol–water partition coefficient (Wildman–Crippen LogP) is 2.35. The van der Waals surface area contributed by atoms with Gasteiger partial charge >= 0.3 is 0 Å². The number of amides is 1. The maximum atomic E-state index is 11.7. The largest absolute Gasteiger partial charge is 0.397 e. The molecule has 1 aromatic rings. The van der Waals surface area contributed by atoms with Crippen LogP contribution in [0.4, 0.5) is 5.69 Å². The van der Waals surface area contributed by atoms with Crippen LogP contribution in [-0.4, -0.2) is 12.5 Å². The first kappa shape index (κ1) is 12.0. The Hall–Kier alpha value is -1.03. The Balaban J connectivity index is 2.47. The molecule has 0 aliphatic carbocycles. The molecule has 1 heterocycles. The number of nitrogens with two attached hydrogens (primary N) is 1. The van der Waals surface area contributed by atoms with Crippen LogP contribution in [0.25, 0.3) is 0 Å². The van der Waals surface area contributed by atoms with Gasteiger partial charge in [0.2, 0.25) is 0 Å². The minimum atomic E-state index is -0.0602. The number of rotatable bonds is 4. The summed E-state index contributed by atoms with van der Waals surface area (Å²) in [6.45, 7) is 7.13.